The normalized spacial score (nSPS) is 16.2. The van der Waals surface area contributed by atoms with E-state index in [1.807, 2.05) is 17.7 Å². The minimum absolute atomic E-state index is 0.0464. The summed E-state index contributed by atoms with van der Waals surface area (Å²) in [7, 11) is -0.0150. The van der Waals surface area contributed by atoms with Crippen LogP contribution in [-0.4, -0.2) is 36.3 Å². The maximum Gasteiger partial charge on any atom is 0.279 e. The highest BCUT2D eigenvalue weighted by atomic mass is 32.2. The number of hydrogen-bond acceptors (Lipinski definition) is 4. The number of nitrogens with zero attached hydrogens (tertiary/aromatic N) is 3. The molecular weight excluding hydrogens is 442 g/mol. The highest BCUT2D eigenvalue weighted by Gasteiger charge is 2.29. The monoisotopic (exact) mass is 471 g/mol. The molecule has 0 N–H and O–H groups in total. The van der Waals surface area contributed by atoms with E-state index in [1.54, 1.807) is 19.2 Å². The number of benzene rings is 2. The fourth-order valence-corrected chi connectivity index (χ4v) is 6.86. The van der Waals surface area contributed by atoms with Crippen molar-refractivity contribution in [2.75, 3.05) is 7.05 Å². The lowest BCUT2D eigenvalue weighted by Crippen LogP contribution is -2.38. The molecule has 2 aromatic carbocycles. The molecule has 1 aliphatic rings. The summed E-state index contributed by atoms with van der Waals surface area (Å²) >= 11 is 1.47. The van der Waals surface area contributed by atoms with Crippen LogP contribution < -0.4 is 4.80 Å². The van der Waals surface area contributed by atoms with Gasteiger partial charge in [-0.3, -0.25) is 4.79 Å². The summed E-state index contributed by atoms with van der Waals surface area (Å²) in [5.41, 5.74) is 3.81. The van der Waals surface area contributed by atoms with Crippen LogP contribution in [-0.2, 0) is 17.1 Å². The van der Waals surface area contributed by atoms with Gasteiger partial charge in [0.2, 0.25) is 10.0 Å². The van der Waals surface area contributed by atoms with Crippen LogP contribution in [0.25, 0.3) is 10.2 Å². The van der Waals surface area contributed by atoms with E-state index >= 15 is 0 Å². The van der Waals surface area contributed by atoms with E-state index in [0.717, 1.165) is 35.9 Å². The topological polar surface area (TPSA) is 71.7 Å². The van der Waals surface area contributed by atoms with E-state index in [2.05, 4.69) is 24.9 Å². The molecule has 1 amide bonds. The van der Waals surface area contributed by atoms with Gasteiger partial charge in [-0.2, -0.15) is 9.30 Å². The number of fused-ring (bicyclic) bond motifs is 1. The van der Waals surface area contributed by atoms with Gasteiger partial charge in [-0.1, -0.05) is 36.7 Å². The lowest BCUT2D eigenvalue weighted by Gasteiger charge is -2.30. The molecule has 1 saturated carbocycles. The minimum Gasteiger partial charge on any atom is -0.319 e. The highest BCUT2D eigenvalue weighted by Crippen LogP contribution is 2.27. The van der Waals surface area contributed by atoms with Crippen molar-refractivity contribution < 1.29 is 13.2 Å². The Morgan fingerprint density at radius 2 is 1.72 bits per heavy atom. The first-order valence-electron chi connectivity index (χ1n) is 10.9. The lowest BCUT2D eigenvalue weighted by molar-refractivity contribution is 0.0998. The molecule has 1 aliphatic carbocycles. The molecule has 4 rings (SSSR count). The standard InChI is InChI=1S/C24H29N3O3S2/c1-16-10-15-21-22(17(16)2)26(3)24(31-21)25-23(28)18-11-13-20(14-12-18)32(29,30)27(4)19-8-6-5-7-9-19/h10-15,19H,5-9H2,1-4H3. The van der Waals surface area contributed by atoms with E-state index in [9.17, 15) is 13.2 Å². The van der Waals surface area contributed by atoms with Gasteiger partial charge in [0.1, 0.15) is 0 Å². The molecule has 0 saturated heterocycles. The van der Waals surface area contributed by atoms with Gasteiger partial charge in [0, 0.05) is 25.7 Å². The molecule has 0 bridgehead atoms. The molecule has 8 heteroatoms. The van der Waals surface area contributed by atoms with Crippen LogP contribution >= 0.6 is 11.3 Å². The lowest BCUT2D eigenvalue weighted by atomic mass is 9.96. The molecule has 1 aromatic heterocycles. The van der Waals surface area contributed by atoms with Crippen molar-refractivity contribution in [1.29, 1.82) is 0 Å². The molecule has 0 aliphatic heterocycles. The number of thiazole rings is 1. The molecule has 1 heterocycles. The van der Waals surface area contributed by atoms with Crippen molar-refractivity contribution in [3.63, 3.8) is 0 Å². The number of aryl methyl sites for hydroxylation is 3. The second-order valence-electron chi connectivity index (χ2n) is 8.55. The second-order valence-corrected chi connectivity index (χ2v) is 11.6. The first kappa shape index (κ1) is 22.9. The summed E-state index contributed by atoms with van der Waals surface area (Å²) in [6.45, 7) is 4.13. The number of carbonyl (C=O) groups is 1. The third-order valence-electron chi connectivity index (χ3n) is 6.55. The maximum atomic E-state index is 13.0. The molecule has 6 nitrogen and oxygen atoms in total. The van der Waals surface area contributed by atoms with E-state index in [4.69, 9.17) is 0 Å². The van der Waals surface area contributed by atoms with Crippen LogP contribution in [0.15, 0.2) is 46.3 Å². The Morgan fingerprint density at radius 3 is 2.38 bits per heavy atom. The second kappa shape index (κ2) is 8.92. The number of amides is 1. The molecule has 0 unspecified atom stereocenters. The molecule has 32 heavy (non-hydrogen) atoms. The fraction of sp³-hybridized carbons (Fsp3) is 0.417. The summed E-state index contributed by atoms with van der Waals surface area (Å²) in [6.07, 6.45) is 5.09. The Bertz CT molecular complexity index is 1330. The van der Waals surface area contributed by atoms with E-state index in [1.165, 1.54) is 45.3 Å². The molecule has 1 fully saturated rings. The Morgan fingerprint density at radius 1 is 1.06 bits per heavy atom. The smallest absolute Gasteiger partial charge is 0.279 e. The van der Waals surface area contributed by atoms with Crippen molar-refractivity contribution >= 4 is 37.5 Å². The zero-order valence-corrected chi connectivity index (χ0v) is 20.6. The summed E-state index contributed by atoms with van der Waals surface area (Å²) < 4.78 is 30.6. The Kier molecular flexibility index (Phi) is 6.38. The quantitative estimate of drug-likeness (QED) is 0.560. The van der Waals surface area contributed by atoms with E-state index < -0.39 is 10.0 Å². The molecule has 0 atom stereocenters. The SMILES string of the molecule is Cc1ccc2sc(=NC(=O)c3ccc(S(=O)(=O)N(C)C4CCCCC4)cc3)n(C)c2c1C. The van der Waals surface area contributed by atoms with Gasteiger partial charge in [0.15, 0.2) is 4.80 Å². The van der Waals surface area contributed by atoms with E-state index in [-0.39, 0.29) is 16.8 Å². The van der Waals surface area contributed by atoms with Crippen molar-refractivity contribution in [1.82, 2.24) is 8.87 Å². The van der Waals surface area contributed by atoms with Gasteiger partial charge in [0.05, 0.1) is 15.1 Å². The number of rotatable bonds is 4. The predicted molar refractivity (Wildman–Crippen MR) is 128 cm³/mol. The first-order chi connectivity index (χ1) is 15.2. The molecule has 170 valence electrons. The Hall–Kier alpha value is -2.29. The average molecular weight is 472 g/mol. The number of aromatic nitrogens is 1. The van der Waals surface area contributed by atoms with Gasteiger partial charge < -0.3 is 4.57 Å². The van der Waals surface area contributed by atoms with Crippen LogP contribution in [0, 0.1) is 13.8 Å². The van der Waals surface area contributed by atoms with Gasteiger partial charge in [-0.15, -0.1) is 0 Å². The van der Waals surface area contributed by atoms with Crippen molar-refractivity contribution in [3.8, 4) is 0 Å². The number of hydrogen-bond donors (Lipinski definition) is 0. The first-order valence-corrected chi connectivity index (χ1v) is 13.2. The highest BCUT2D eigenvalue weighted by molar-refractivity contribution is 7.89. The molecular formula is C24H29N3O3S2. The van der Waals surface area contributed by atoms with Gasteiger partial charge in [-0.25, -0.2) is 8.42 Å². The van der Waals surface area contributed by atoms with Crippen LogP contribution in [0.3, 0.4) is 0 Å². The molecule has 3 aromatic rings. The van der Waals surface area contributed by atoms with Crippen LogP contribution in [0.2, 0.25) is 0 Å². The Labute approximate surface area is 193 Å². The third-order valence-corrected chi connectivity index (χ3v) is 9.57. The average Bonchev–Trinajstić information content (AvgIpc) is 3.12. The van der Waals surface area contributed by atoms with Crippen LogP contribution in [0.1, 0.15) is 53.6 Å². The summed E-state index contributed by atoms with van der Waals surface area (Å²) in [6, 6.07) is 10.3. The predicted octanol–water partition coefficient (Wildman–Crippen LogP) is 4.55. The zero-order chi connectivity index (χ0) is 23.0. The van der Waals surface area contributed by atoms with Crippen molar-refractivity contribution in [2.45, 2.75) is 56.9 Å². The Balaban J connectivity index is 1.61. The number of carbonyl (C=O) groups excluding carboxylic acids is 1. The largest absolute Gasteiger partial charge is 0.319 e. The van der Waals surface area contributed by atoms with Gasteiger partial charge >= 0.3 is 0 Å². The molecule has 0 radical (unpaired) electrons. The third kappa shape index (κ3) is 4.19. The molecule has 0 spiro atoms. The van der Waals surface area contributed by atoms with Gasteiger partial charge in [-0.05, 0) is 68.1 Å². The maximum absolute atomic E-state index is 13.0. The van der Waals surface area contributed by atoms with Gasteiger partial charge in [0.25, 0.3) is 5.91 Å². The summed E-state index contributed by atoms with van der Waals surface area (Å²) in [5.74, 6) is -0.383. The van der Waals surface area contributed by atoms with E-state index in [0.29, 0.717) is 10.4 Å². The zero-order valence-electron chi connectivity index (χ0n) is 19.0. The van der Waals surface area contributed by atoms with Crippen LogP contribution in [0.4, 0.5) is 0 Å². The van der Waals surface area contributed by atoms with Crippen molar-refractivity contribution in [3.05, 3.63) is 57.9 Å². The van der Waals surface area contributed by atoms with Crippen LogP contribution in [0.5, 0.6) is 0 Å². The fourth-order valence-electron chi connectivity index (χ4n) is 4.36. The summed E-state index contributed by atoms with van der Waals surface area (Å²) in [5, 5.41) is 0. The number of sulfonamides is 1. The van der Waals surface area contributed by atoms with Crippen molar-refractivity contribution in [2.24, 2.45) is 12.0 Å². The minimum atomic E-state index is -3.58. The summed E-state index contributed by atoms with van der Waals surface area (Å²) in [4.78, 5) is 18.0.